The fraction of sp³-hybridized carbons (Fsp3) is 0.600. The lowest BCUT2D eigenvalue weighted by atomic mass is 10.1. The second kappa shape index (κ2) is 8.25. The van der Waals surface area contributed by atoms with Gasteiger partial charge in [0, 0.05) is 16.0 Å². The zero-order chi connectivity index (χ0) is 13.5. The average molecular weight is 346 g/mol. The molecule has 1 aromatic carbocycles. The maximum Gasteiger partial charge on any atom is 0.0417 e. The highest BCUT2D eigenvalue weighted by Gasteiger charge is 2.08. The number of nitrogens with one attached hydrogen (secondary N) is 1. The first-order chi connectivity index (χ1) is 9.25. The summed E-state index contributed by atoms with van der Waals surface area (Å²) in [6, 6.07) is 5.97. The molecule has 0 aliphatic carbocycles. The van der Waals surface area contributed by atoms with Gasteiger partial charge in [0.2, 0.25) is 0 Å². The van der Waals surface area contributed by atoms with Crippen molar-refractivity contribution >= 4 is 27.5 Å². The molecule has 2 nitrogen and oxygen atoms in total. The minimum absolute atomic E-state index is 0.778. The van der Waals surface area contributed by atoms with E-state index in [1.54, 1.807) is 0 Å². The SMILES string of the molecule is Clc1ccc(CNCCCN2CCCCC2)c(Br)c1. The van der Waals surface area contributed by atoms with Gasteiger partial charge in [-0.05, 0) is 63.1 Å². The predicted molar refractivity (Wildman–Crippen MR) is 85.8 cm³/mol. The first-order valence-corrected chi connectivity index (χ1v) is 8.30. The third-order valence-corrected chi connectivity index (χ3v) is 4.58. The molecule has 1 aromatic rings. The second-order valence-corrected chi connectivity index (χ2v) is 6.46. The fourth-order valence-corrected chi connectivity index (χ4v) is 3.32. The van der Waals surface area contributed by atoms with Gasteiger partial charge >= 0.3 is 0 Å². The van der Waals surface area contributed by atoms with E-state index in [1.807, 2.05) is 12.1 Å². The van der Waals surface area contributed by atoms with Gasteiger partial charge in [-0.1, -0.05) is 40.0 Å². The first kappa shape index (κ1) is 15.3. The van der Waals surface area contributed by atoms with E-state index in [-0.39, 0.29) is 0 Å². The number of likely N-dealkylation sites (tertiary alicyclic amines) is 1. The molecular weight excluding hydrogens is 324 g/mol. The lowest BCUT2D eigenvalue weighted by Gasteiger charge is -2.26. The quantitative estimate of drug-likeness (QED) is 0.782. The van der Waals surface area contributed by atoms with E-state index >= 15 is 0 Å². The summed E-state index contributed by atoms with van der Waals surface area (Å²) in [6.07, 6.45) is 5.40. The standard InChI is InChI=1S/C15H22BrClN2/c16-15-11-14(17)6-5-13(15)12-18-7-4-10-19-8-2-1-3-9-19/h5-6,11,18H,1-4,7-10,12H2. The van der Waals surface area contributed by atoms with Crippen LogP contribution in [-0.4, -0.2) is 31.1 Å². The van der Waals surface area contributed by atoms with Crippen LogP contribution in [0.1, 0.15) is 31.2 Å². The zero-order valence-corrected chi connectivity index (χ0v) is 13.6. The largest absolute Gasteiger partial charge is 0.313 e. The van der Waals surface area contributed by atoms with E-state index in [0.29, 0.717) is 0 Å². The third kappa shape index (κ3) is 5.42. The van der Waals surface area contributed by atoms with Crippen molar-refractivity contribution in [2.45, 2.75) is 32.2 Å². The van der Waals surface area contributed by atoms with Gasteiger partial charge in [-0.2, -0.15) is 0 Å². The Morgan fingerprint density at radius 2 is 2.00 bits per heavy atom. The molecule has 0 amide bonds. The topological polar surface area (TPSA) is 15.3 Å². The third-order valence-electron chi connectivity index (χ3n) is 3.61. The summed E-state index contributed by atoms with van der Waals surface area (Å²) in [4.78, 5) is 2.59. The zero-order valence-electron chi connectivity index (χ0n) is 11.3. The lowest BCUT2D eigenvalue weighted by Crippen LogP contribution is -2.32. The number of nitrogens with zero attached hydrogens (tertiary/aromatic N) is 1. The molecule has 4 heteroatoms. The highest BCUT2D eigenvalue weighted by atomic mass is 79.9. The van der Waals surface area contributed by atoms with Crippen LogP contribution in [0, 0.1) is 0 Å². The second-order valence-electron chi connectivity index (χ2n) is 5.17. The Labute approximate surface area is 129 Å². The van der Waals surface area contributed by atoms with Crippen LogP contribution in [0.3, 0.4) is 0 Å². The highest BCUT2D eigenvalue weighted by Crippen LogP contribution is 2.21. The Balaban J connectivity index is 1.61. The molecule has 0 spiro atoms. The van der Waals surface area contributed by atoms with E-state index in [2.05, 4.69) is 32.2 Å². The van der Waals surface area contributed by atoms with Crippen molar-refractivity contribution in [1.29, 1.82) is 0 Å². The summed E-state index contributed by atoms with van der Waals surface area (Å²) in [5.74, 6) is 0. The molecular formula is C15H22BrClN2. The van der Waals surface area contributed by atoms with Gasteiger partial charge in [-0.15, -0.1) is 0 Å². The van der Waals surface area contributed by atoms with Crippen LogP contribution in [-0.2, 0) is 6.54 Å². The summed E-state index contributed by atoms with van der Waals surface area (Å²) in [5.41, 5.74) is 1.27. The summed E-state index contributed by atoms with van der Waals surface area (Å²) in [7, 11) is 0. The van der Waals surface area contributed by atoms with Gasteiger partial charge in [-0.3, -0.25) is 0 Å². The maximum absolute atomic E-state index is 5.93. The molecule has 1 aliphatic rings. The molecule has 1 fully saturated rings. The normalized spacial score (nSPS) is 16.7. The van der Waals surface area contributed by atoms with Crippen LogP contribution in [0.4, 0.5) is 0 Å². The molecule has 2 rings (SSSR count). The smallest absolute Gasteiger partial charge is 0.0417 e. The van der Waals surface area contributed by atoms with Crippen molar-refractivity contribution in [3.63, 3.8) is 0 Å². The summed E-state index contributed by atoms with van der Waals surface area (Å²) in [6.45, 7) is 5.80. The lowest BCUT2D eigenvalue weighted by molar-refractivity contribution is 0.225. The first-order valence-electron chi connectivity index (χ1n) is 7.13. The molecule has 1 saturated heterocycles. The van der Waals surface area contributed by atoms with E-state index in [0.717, 1.165) is 22.6 Å². The Hall–Kier alpha value is -0.0900. The van der Waals surface area contributed by atoms with E-state index in [9.17, 15) is 0 Å². The number of hydrogen-bond donors (Lipinski definition) is 1. The van der Waals surface area contributed by atoms with Gasteiger partial charge in [-0.25, -0.2) is 0 Å². The van der Waals surface area contributed by atoms with E-state index in [4.69, 9.17) is 11.6 Å². The van der Waals surface area contributed by atoms with Crippen molar-refractivity contribution in [1.82, 2.24) is 10.2 Å². The number of halogens is 2. The fourth-order valence-electron chi connectivity index (χ4n) is 2.50. The van der Waals surface area contributed by atoms with Gasteiger partial charge in [0.25, 0.3) is 0 Å². The summed E-state index contributed by atoms with van der Waals surface area (Å²) < 4.78 is 1.09. The minimum atomic E-state index is 0.778. The van der Waals surface area contributed by atoms with Gasteiger partial charge < -0.3 is 10.2 Å². The number of hydrogen-bond acceptors (Lipinski definition) is 2. The predicted octanol–water partition coefficient (Wildman–Crippen LogP) is 4.07. The molecule has 0 bridgehead atoms. The van der Waals surface area contributed by atoms with Gasteiger partial charge in [0.05, 0.1) is 0 Å². The molecule has 1 aliphatic heterocycles. The average Bonchev–Trinajstić information content (AvgIpc) is 2.42. The number of benzene rings is 1. The van der Waals surface area contributed by atoms with Gasteiger partial charge in [0.1, 0.15) is 0 Å². The van der Waals surface area contributed by atoms with Crippen LogP contribution in [0.5, 0.6) is 0 Å². The maximum atomic E-state index is 5.93. The van der Waals surface area contributed by atoms with E-state index in [1.165, 1.54) is 50.9 Å². The Morgan fingerprint density at radius 1 is 1.21 bits per heavy atom. The van der Waals surface area contributed by atoms with Crippen molar-refractivity contribution in [3.05, 3.63) is 33.3 Å². The molecule has 0 radical (unpaired) electrons. The Morgan fingerprint density at radius 3 is 2.74 bits per heavy atom. The minimum Gasteiger partial charge on any atom is -0.313 e. The molecule has 1 heterocycles. The van der Waals surface area contributed by atoms with Crippen LogP contribution >= 0.6 is 27.5 Å². The van der Waals surface area contributed by atoms with Crippen molar-refractivity contribution in [3.8, 4) is 0 Å². The Kier molecular flexibility index (Phi) is 6.65. The summed E-state index contributed by atoms with van der Waals surface area (Å²) in [5, 5.41) is 4.28. The molecule has 19 heavy (non-hydrogen) atoms. The van der Waals surface area contributed by atoms with Crippen LogP contribution < -0.4 is 5.32 Å². The van der Waals surface area contributed by atoms with Crippen molar-refractivity contribution < 1.29 is 0 Å². The van der Waals surface area contributed by atoms with Crippen molar-refractivity contribution in [2.24, 2.45) is 0 Å². The monoisotopic (exact) mass is 344 g/mol. The molecule has 0 aromatic heterocycles. The summed E-state index contributed by atoms with van der Waals surface area (Å²) >= 11 is 9.48. The molecule has 1 N–H and O–H groups in total. The van der Waals surface area contributed by atoms with Gasteiger partial charge in [0.15, 0.2) is 0 Å². The molecule has 106 valence electrons. The van der Waals surface area contributed by atoms with Crippen molar-refractivity contribution in [2.75, 3.05) is 26.2 Å². The highest BCUT2D eigenvalue weighted by molar-refractivity contribution is 9.10. The molecule has 0 saturated carbocycles. The van der Waals surface area contributed by atoms with Crippen LogP contribution in [0.25, 0.3) is 0 Å². The number of rotatable bonds is 6. The molecule has 0 atom stereocenters. The Bertz CT molecular complexity index is 392. The van der Waals surface area contributed by atoms with Crippen LogP contribution in [0.2, 0.25) is 5.02 Å². The number of piperidine rings is 1. The van der Waals surface area contributed by atoms with Crippen LogP contribution in [0.15, 0.2) is 22.7 Å². The molecule has 0 unspecified atom stereocenters. The van der Waals surface area contributed by atoms with E-state index < -0.39 is 0 Å².